The van der Waals surface area contributed by atoms with E-state index in [0.717, 1.165) is 10.6 Å². The van der Waals surface area contributed by atoms with Gasteiger partial charge in [-0.15, -0.1) is 0 Å². The summed E-state index contributed by atoms with van der Waals surface area (Å²) in [6.45, 7) is 1.62. The number of rotatable bonds is 8. The molecule has 17 heteroatoms. The number of halogens is 7. The number of alkyl halides is 6. The zero-order valence-corrected chi connectivity index (χ0v) is 24.1. The number of anilines is 2. The normalized spacial score (nSPS) is 13.1. The molecule has 45 heavy (non-hydrogen) atoms. The number of hydrazine groups is 1. The summed E-state index contributed by atoms with van der Waals surface area (Å²) in [4.78, 5) is 34.0. The Morgan fingerprint density at radius 3 is 2.44 bits per heavy atom. The van der Waals surface area contributed by atoms with E-state index in [2.05, 4.69) is 15.3 Å². The van der Waals surface area contributed by atoms with Gasteiger partial charge in [0.25, 0.3) is 5.56 Å². The lowest BCUT2D eigenvalue weighted by Gasteiger charge is -2.23. The Kier molecular flexibility index (Phi) is 9.30. The Labute approximate surface area is 255 Å². The predicted octanol–water partition coefficient (Wildman–Crippen LogP) is 5.77. The van der Waals surface area contributed by atoms with Crippen molar-refractivity contribution in [1.29, 1.82) is 0 Å². The number of benzene rings is 2. The molecule has 10 nitrogen and oxygen atoms in total. The number of ether oxygens (including phenoxy) is 1. The molecule has 4 rings (SSSR count). The first-order chi connectivity index (χ1) is 21.0. The highest BCUT2D eigenvalue weighted by Gasteiger charge is 2.34. The number of fused-ring (bicyclic) bond motifs is 1. The molecular formula is C28H24ClF6N7O3. The van der Waals surface area contributed by atoms with Gasteiger partial charge < -0.3 is 15.8 Å². The van der Waals surface area contributed by atoms with Crippen LogP contribution in [-0.2, 0) is 11.0 Å². The van der Waals surface area contributed by atoms with Gasteiger partial charge in [-0.2, -0.15) is 26.3 Å². The summed E-state index contributed by atoms with van der Waals surface area (Å²) in [6, 6.07) is 8.02. The minimum Gasteiger partial charge on any atom is -0.495 e. The van der Waals surface area contributed by atoms with Crippen LogP contribution in [0.1, 0.15) is 25.1 Å². The van der Waals surface area contributed by atoms with Gasteiger partial charge in [0.2, 0.25) is 5.91 Å². The van der Waals surface area contributed by atoms with Crippen LogP contribution in [0, 0.1) is 0 Å². The summed E-state index contributed by atoms with van der Waals surface area (Å²) in [5.41, 5.74) is 2.07. The average Bonchev–Trinajstić information content (AvgIpc) is 2.96. The molecule has 2 aromatic heterocycles. The molecule has 4 aromatic rings. The third kappa shape index (κ3) is 7.29. The van der Waals surface area contributed by atoms with Gasteiger partial charge >= 0.3 is 12.4 Å². The molecule has 2 aromatic carbocycles. The van der Waals surface area contributed by atoms with Crippen molar-refractivity contribution in [2.45, 2.75) is 31.7 Å². The van der Waals surface area contributed by atoms with Crippen molar-refractivity contribution in [2.24, 2.45) is 11.6 Å². The number of nitrogens with zero attached hydrogens (tertiary/aromatic N) is 4. The maximum atomic E-state index is 13.4. The van der Waals surface area contributed by atoms with Crippen molar-refractivity contribution in [3.63, 3.8) is 0 Å². The van der Waals surface area contributed by atoms with Crippen molar-refractivity contribution in [1.82, 2.24) is 14.5 Å². The van der Waals surface area contributed by atoms with E-state index < -0.39 is 41.3 Å². The van der Waals surface area contributed by atoms with Gasteiger partial charge in [-0.25, -0.2) is 10.8 Å². The van der Waals surface area contributed by atoms with E-state index in [1.54, 1.807) is 6.92 Å². The Morgan fingerprint density at radius 2 is 1.82 bits per heavy atom. The number of methoxy groups -OCH3 is 1. The van der Waals surface area contributed by atoms with E-state index in [1.165, 1.54) is 49.7 Å². The molecule has 0 aliphatic carbocycles. The standard InChI is InChI=1S/C28H24ClF6N7O3/c1-3-20(26(44)39-15-5-6-18-19(9-15)40-24(11-38-18)28(33,34)35)41-12-22(45-2)17(10-25(41)43)16-8-14(29)4-7-21(16)42(37)13-23(36)27(30,31)32/h4-13,20H,3,36-37H2,1-2H3,(H,39,44)/b23-13-. The third-order valence-electron chi connectivity index (χ3n) is 6.52. The second kappa shape index (κ2) is 12.6. The molecule has 1 unspecified atom stereocenters. The number of allylic oxidation sites excluding steroid dienone is 1. The maximum Gasteiger partial charge on any atom is 0.434 e. The zero-order chi connectivity index (χ0) is 33.3. The average molecular weight is 656 g/mol. The fourth-order valence-electron chi connectivity index (χ4n) is 4.35. The van der Waals surface area contributed by atoms with Crippen LogP contribution in [-0.4, -0.2) is 33.7 Å². The molecule has 1 amide bonds. The van der Waals surface area contributed by atoms with E-state index in [9.17, 15) is 35.9 Å². The smallest absolute Gasteiger partial charge is 0.434 e. The monoisotopic (exact) mass is 655 g/mol. The van der Waals surface area contributed by atoms with Crippen LogP contribution in [0.5, 0.6) is 5.75 Å². The molecule has 5 N–H and O–H groups in total. The first-order valence-corrected chi connectivity index (χ1v) is 13.2. The second-order valence-electron chi connectivity index (χ2n) is 9.52. The molecule has 0 aliphatic rings. The molecule has 0 fully saturated rings. The fourth-order valence-corrected chi connectivity index (χ4v) is 4.52. The number of hydrogen-bond donors (Lipinski definition) is 3. The largest absolute Gasteiger partial charge is 0.495 e. The van der Waals surface area contributed by atoms with E-state index in [-0.39, 0.29) is 50.7 Å². The Bertz CT molecular complexity index is 1840. The lowest BCUT2D eigenvalue weighted by Crippen LogP contribution is -2.33. The van der Waals surface area contributed by atoms with Crippen molar-refractivity contribution >= 4 is 39.9 Å². The molecule has 1 atom stereocenters. The van der Waals surface area contributed by atoms with Crippen LogP contribution in [0.2, 0.25) is 5.02 Å². The third-order valence-corrected chi connectivity index (χ3v) is 6.76. The Balaban J connectivity index is 1.71. The minimum atomic E-state index is -4.86. The first kappa shape index (κ1) is 33.1. The summed E-state index contributed by atoms with van der Waals surface area (Å²) in [7, 11) is 1.27. The first-order valence-electron chi connectivity index (χ1n) is 12.9. The molecule has 0 bridgehead atoms. The van der Waals surface area contributed by atoms with Crippen molar-refractivity contribution in [3.8, 4) is 16.9 Å². The molecule has 238 valence electrons. The van der Waals surface area contributed by atoms with Crippen LogP contribution >= 0.6 is 11.6 Å². The molecular weight excluding hydrogens is 632 g/mol. The van der Waals surface area contributed by atoms with Crippen molar-refractivity contribution in [3.05, 3.63) is 87.8 Å². The molecule has 0 aliphatic heterocycles. The number of pyridine rings is 1. The number of carbonyl (C=O) groups is 1. The second-order valence-corrected chi connectivity index (χ2v) is 9.96. The molecule has 0 saturated carbocycles. The van der Waals surface area contributed by atoms with Crippen LogP contribution in [0.15, 0.2) is 71.5 Å². The summed E-state index contributed by atoms with van der Waals surface area (Å²) in [5.74, 6) is 5.23. The highest BCUT2D eigenvalue weighted by Crippen LogP contribution is 2.38. The number of nitrogens with two attached hydrogens (primary N) is 2. The number of hydrogen-bond acceptors (Lipinski definition) is 8. The number of nitrogens with one attached hydrogen (secondary N) is 1. The van der Waals surface area contributed by atoms with Gasteiger partial charge in [-0.1, -0.05) is 18.5 Å². The van der Waals surface area contributed by atoms with Gasteiger partial charge in [-0.05, 0) is 42.8 Å². The van der Waals surface area contributed by atoms with Crippen LogP contribution in [0.25, 0.3) is 22.2 Å². The SMILES string of the molecule is CCC(C(=O)Nc1ccc2ncc(C(F)(F)F)nc2c1)n1cc(OC)c(-c2cc(Cl)ccc2N(N)/C=C(\N)C(F)(F)F)cc1=O. The summed E-state index contributed by atoms with van der Waals surface area (Å²) >= 11 is 6.15. The van der Waals surface area contributed by atoms with Crippen LogP contribution < -0.4 is 32.2 Å². The highest BCUT2D eigenvalue weighted by molar-refractivity contribution is 6.31. The molecule has 0 radical (unpaired) electrons. The lowest BCUT2D eigenvalue weighted by atomic mass is 10.0. The Hall–Kier alpha value is -4.83. The predicted molar refractivity (Wildman–Crippen MR) is 155 cm³/mol. The quantitative estimate of drug-likeness (QED) is 0.123. The molecule has 0 saturated heterocycles. The zero-order valence-electron chi connectivity index (χ0n) is 23.4. The number of aromatic nitrogens is 3. The minimum absolute atomic E-state index is 0.0140. The summed E-state index contributed by atoms with van der Waals surface area (Å²) in [5, 5.41) is 3.36. The van der Waals surface area contributed by atoms with Crippen molar-refractivity contribution < 1.29 is 35.9 Å². The summed E-state index contributed by atoms with van der Waals surface area (Å²) < 4.78 is 84.9. The lowest BCUT2D eigenvalue weighted by molar-refractivity contribution is -0.141. The number of amides is 1. The van der Waals surface area contributed by atoms with Gasteiger partial charge in [0.1, 0.15) is 17.5 Å². The van der Waals surface area contributed by atoms with Crippen LogP contribution in [0.4, 0.5) is 37.7 Å². The van der Waals surface area contributed by atoms with Gasteiger partial charge in [0.05, 0.1) is 36.2 Å². The maximum absolute atomic E-state index is 13.4. The van der Waals surface area contributed by atoms with E-state index in [1.807, 2.05) is 0 Å². The molecule has 0 spiro atoms. The van der Waals surface area contributed by atoms with E-state index in [0.29, 0.717) is 17.4 Å². The van der Waals surface area contributed by atoms with Gasteiger partial charge in [-0.3, -0.25) is 24.1 Å². The summed E-state index contributed by atoms with van der Waals surface area (Å²) in [6.07, 6.45) is -7.19. The topological polar surface area (TPSA) is 141 Å². The fraction of sp³-hybridized carbons (Fsp3) is 0.214. The van der Waals surface area contributed by atoms with E-state index >= 15 is 0 Å². The van der Waals surface area contributed by atoms with Crippen LogP contribution in [0.3, 0.4) is 0 Å². The Morgan fingerprint density at radius 1 is 1.11 bits per heavy atom. The van der Waals surface area contributed by atoms with E-state index in [4.69, 9.17) is 27.9 Å². The molecule has 2 heterocycles. The van der Waals surface area contributed by atoms with Gasteiger partial charge in [0.15, 0.2) is 5.69 Å². The van der Waals surface area contributed by atoms with Gasteiger partial charge in [0, 0.05) is 34.1 Å². The van der Waals surface area contributed by atoms with Crippen molar-refractivity contribution in [2.75, 3.05) is 17.4 Å². The number of carbonyl (C=O) groups excluding carboxylic acids is 1. The highest BCUT2D eigenvalue weighted by atomic mass is 35.5.